The van der Waals surface area contributed by atoms with E-state index in [4.69, 9.17) is 0 Å². The largest absolute Gasteiger partial charge is 0.361 e. The SMILES string of the molecule is O=c1[nH]c(NCCc2c[nH]c3ccccc23)nnc1-c1cccs1. The van der Waals surface area contributed by atoms with E-state index < -0.39 is 0 Å². The number of rotatable bonds is 5. The fourth-order valence-corrected chi connectivity index (χ4v) is 3.35. The molecular formula is C17H15N5OS. The first-order chi connectivity index (χ1) is 11.8. The monoisotopic (exact) mass is 337 g/mol. The van der Waals surface area contributed by atoms with E-state index in [1.807, 2.05) is 35.8 Å². The summed E-state index contributed by atoms with van der Waals surface area (Å²) >= 11 is 1.47. The Morgan fingerprint density at radius 2 is 2.04 bits per heavy atom. The van der Waals surface area contributed by atoms with Crippen molar-refractivity contribution in [2.75, 3.05) is 11.9 Å². The average molecular weight is 337 g/mol. The molecule has 0 amide bonds. The molecule has 24 heavy (non-hydrogen) atoms. The van der Waals surface area contributed by atoms with E-state index >= 15 is 0 Å². The number of para-hydroxylation sites is 1. The van der Waals surface area contributed by atoms with Gasteiger partial charge in [0.25, 0.3) is 5.56 Å². The van der Waals surface area contributed by atoms with Crippen LogP contribution < -0.4 is 10.9 Å². The van der Waals surface area contributed by atoms with Gasteiger partial charge in [-0.15, -0.1) is 21.5 Å². The summed E-state index contributed by atoms with van der Waals surface area (Å²) in [4.78, 5) is 18.9. The number of hydrogen-bond acceptors (Lipinski definition) is 5. The smallest absolute Gasteiger partial charge is 0.279 e. The zero-order valence-electron chi connectivity index (χ0n) is 12.7. The van der Waals surface area contributed by atoms with Gasteiger partial charge in [0.1, 0.15) is 0 Å². The van der Waals surface area contributed by atoms with E-state index in [0.717, 1.165) is 16.8 Å². The molecule has 0 unspecified atom stereocenters. The highest BCUT2D eigenvalue weighted by Gasteiger charge is 2.08. The van der Waals surface area contributed by atoms with Gasteiger partial charge in [-0.3, -0.25) is 9.78 Å². The van der Waals surface area contributed by atoms with Crippen molar-refractivity contribution < 1.29 is 0 Å². The molecular weight excluding hydrogens is 322 g/mol. The second kappa shape index (κ2) is 6.29. The third-order valence-corrected chi connectivity index (χ3v) is 4.69. The van der Waals surface area contributed by atoms with Crippen molar-refractivity contribution in [1.29, 1.82) is 0 Å². The van der Waals surface area contributed by atoms with Crippen molar-refractivity contribution >= 4 is 28.2 Å². The molecule has 0 radical (unpaired) electrons. The standard InChI is InChI=1S/C17H15N5OS/c23-16-15(14-6-3-9-24-14)21-22-17(20-16)18-8-7-11-10-19-13-5-2-1-4-12(11)13/h1-6,9-10,19H,7-8H2,(H2,18,20,22,23). The molecule has 3 heterocycles. The van der Waals surface area contributed by atoms with E-state index in [-0.39, 0.29) is 5.56 Å². The van der Waals surface area contributed by atoms with Gasteiger partial charge in [-0.05, 0) is 29.5 Å². The van der Waals surface area contributed by atoms with Gasteiger partial charge in [0.15, 0.2) is 5.69 Å². The van der Waals surface area contributed by atoms with Crippen molar-refractivity contribution in [3.8, 4) is 10.6 Å². The molecule has 0 atom stereocenters. The van der Waals surface area contributed by atoms with Crippen molar-refractivity contribution in [3.05, 3.63) is 63.9 Å². The first kappa shape index (κ1) is 14.6. The van der Waals surface area contributed by atoms with Gasteiger partial charge in [0.2, 0.25) is 5.95 Å². The van der Waals surface area contributed by atoms with Gasteiger partial charge in [-0.25, -0.2) is 0 Å². The molecule has 6 nitrogen and oxygen atoms in total. The summed E-state index contributed by atoms with van der Waals surface area (Å²) in [7, 11) is 0. The van der Waals surface area contributed by atoms with Gasteiger partial charge in [-0.2, -0.15) is 0 Å². The average Bonchev–Trinajstić information content (AvgIpc) is 3.25. The summed E-state index contributed by atoms with van der Waals surface area (Å²) in [6, 6.07) is 11.9. The summed E-state index contributed by atoms with van der Waals surface area (Å²) in [5.41, 5.74) is 2.47. The quantitative estimate of drug-likeness (QED) is 0.522. The Labute approximate surface area is 141 Å². The van der Waals surface area contributed by atoms with Crippen LogP contribution in [-0.2, 0) is 6.42 Å². The number of nitrogens with one attached hydrogen (secondary N) is 3. The highest BCUT2D eigenvalue weighted by Crippen LogP contribution is 2.19. The van der Waals surface area contributed by atoms with Crippen molar-refractivity contribution in [2.24, 2.45) is 0 Å². The molecule has 120 valence electrons. The summed E-state index contributed by atoms with van der Waals surface area (Å²) in [6.45, 7) is 0.658. The Kier molecular flexibility index (Phi) is 3.84. The second-order valence-corrected chi connectivity index (χ2v) is 6.31. The first-order valence-electron chi connectivity index (χ1n) is 7.61. The molecule has 0 aliphatic heterocycles. The number of thiophene rings is 1. The van der Waals surface area contributed by atoms with Gasteiger partial charge in [-0.1, -0.05) is 24.3 Å². The number of fused-ring (bicyclic) bond motifs is 1. The molecule has 3 aromatic heterocycles. The molecule has 4 aromatic rings. The van der Waals surface area contributed by atoms with Crippen LogP contribution in [0.1, 0.15) is 5.56 Å². The van der Waals surface area contributed by atoms with Crippen LogP contribution in [0, 0.1) is 0 Å². The molecule has 0 spiro atoms. The van der Waals surface area contributed by atoms with Crippen LogP contribution in [0.25, 0.3) is 21.5 Å². The lowest BCUT2D eigenvalue weighted by Crippen LogP contribution is -2.17. The van der Waals surface area contributed by atoms with E-state index in [0.29, 0.717) is 18.2 Å². The minimum atomic E-state index is -0.234. The molecule has 0 fully saturated rings. The lowest BCUT2D eigenvalue weighted by atomic mass is 10.1. The van der Waals surface area contributed by atoms with Crippen LogP contribution >= 0.6 is 11.3 Å². The van der Waals surface area contributed by atoms with Crippen LogP contribution in [0.5, 0.6) is 0 Å². The maximum Gasteiger partial charge on any atom is 0.279 e. The topological polar surface area (TPSA) is 86.5 Å². The predicted octanol–water partition coefficient (Wildman–Crippen LogP) is 3.03. The van der Waals surface area contributed by atoms with E-state index in [9.17, 15) is 4.79 Å². The highest BCUT2D eigenvalue weighted by atomic mass is 32.1. The summed E-state index contributed by atoms with van der Waals surface area (Å²) in [6.07, 6.45) is 2.83. The number of aromatic nitrogens is 4. The minimum absolute atomic E-state index is 0.234. The lowest BCUT2D eigenvalue weighted by Gasteiger charge is -2.04. The van der Waals surface area contributed by atoms with Gasteiger partial charge in [0.05, 0.1) is 4.88 Å². The number of aromatic amines is 2. The van der Waals surface area contributed by atoms with E-state index in [2.05, 4.69) is 37.6 Å². The fourth-order valence-electron chi connectivity index (χ4n) is 2.65. The zero-order valence-corrected chi connectivity index (χ0v) is 13.6. The Morgan fingerprint density at radius 3 is 2.88 bits per heavy atom. The van der Waals surface area contributed by atoms with Crippen LogP contribution in [0.15, 0.2) is 52.8 Å². The number of benzene rings is 1. The van der Waals surface area contributed by atoms with Crippen LogP contribution in [0.4, 0.5) is 5.95 Å². The molecule has 0 saturated carbocycles. The van der Waals surface area contributed by atoms with E-state index in [1.54, 1.807) is 0 Å². The Morgan fingerprint density at radius 1 is 1.12 bits per heavy atom. The number of nitrogens with zero attached hydrogens (tertiary/aromatic N) is 2. The third kappa shape index (κ3) is 2.81. The second-order valence-electron chi connectivity index (χ2n) is 5.36. The van der Waals surface area contributed by atoms with Crippen molar-refractivity contribution in [2.45, 2.75) is 6.42 Å². The Bertz CT molecular complexity index is 1020. The Balaban J connectivity index is 1.45. The van der Waals surface area contributed by atoms with Crippen molar-refractivity contribution in [3.63, 3.8) is 0 Å². The maximum atomic E-state index is 12.1. The molecule has 3 N–H and O–H groups in total. The first-order valence-corrected chi connectivity index (χ1v) is 8.49. The normalized spacial score (nSPS) is 11.0. The van der Waals surface area contributed by atoms with E-state index in [1.165, 1.54) is 22.3 Å². The van der Waals surface area contributed by atoms with Crippen molar-refractivity contribution in [1.82, 2.24) is 20.2 Å². The number of anilines is 1. The number of hydrogen-bond donors (Lipinski definition) is 3. The zero-order chi connectivity index (χ0) is 16.4. The number of H-pyrrole nitrogens is 2. The summed E-state index contributed by atoms with van der Waals surface area (Å²) in [5, 5.41) is 14.3. The predicted molar refractivity (Wildman–Crippen MR) is 96.5 cm³/mol. The molecule has 0 aliphatic carbocycles. The van der Waals surface area contributed by atoms with Crippen LogP contribution in [0.3, 0.4) is 0 Å². The molecule has 0 aliphatic rings. The molecule has 4 rings (SSSR count). The minimum Gasteiger partial charge on any atom is -0.361 e. The van der Waals surface area contributed by atoms with Gasteiger partial charge >= 0.3 is 0 Å². The van der Waals surface area contributed by atoms with Gasteiger partial charge < -0.3 is 10.3 Å². The van der Waals surface area contributed by atoms with Gasteiger partial charge in [0, 0.05) is 23.6 Å². The third-order valence-electron chi connectivity index (χ3n) is 3.81. The lowest BCUT2D eigenvalue weighted by molar-refractivity contribution is 0.919. The fraction of sp³-hybridized carbons (Fsp3) is 0.118. The molecule has 7 heteroatoms. The Hall–Kier alpha value is -2.93. The molecule has 0 bridgehead atoms. The highest BCUT2D eigenvalue weighted by molar-refractivity contribution is 7.13. The molecule has 0 saturated heterocycles. The van der Waals surface area contributed by atoms with Crippen LogP contribution in [0.2, 0.25) is 0 Å². The maximum absolute atomic E-state index is 12.1. The molecule has 1 aromatic carbocycles. The van der Waals surface area contributed by atoms with Crippen LogP contribution in [-0.4, -0.2) is 26.7 Å². The summed E-state index contributed by atoms with van der Waals surface area (Å²) < 4.78 is 0. The summed E-state index contributed by atoms with van der Waals surface area (Å²) in [5.74, 6) is 0.389.